The Bertz CT molecular complexity index is 910. The van der Waals surface area contributed by atoms with Crippen LogP contribution in [0.1, 0.15) is 31.0 Å². The van der Waals surface area contributed by atoms with E-state index in [-0.39, 0.29) is 23.4 Å². The quantitative estimate of drug-likeness (QED) is 0.710. The Kier molecular flexibility index (Phi) is 7.35. The second kappa shape index (κ2) is 9.32. The monoisotopic (exact) mass is 403 g/mol. The van der Waals surface area contributed by atoms with Crippen molar-refractivity contribution < 1.29 is 13.2 Å². The Balaban J connectivity index is 2.10. The van der Waals surface area contributed by atoms with Crippen molar-refractivity contribution in [1.29, 1.82) is 0 Å². The highest BCUT2D eigenvalue weighted by Crippen LogP contribution is 2.23. The Labute approximate surface area is 168 Å². The molecule has 2 aromatic rings. The molecule has 0 aliphatic carbocycles. The van der Waals surface area contributed by atoms with E-state index in [2.05, 4.69) is 24.5 Å². The lowest BCUT2D eigenvalue weighted by Gasteiger charge is -2.23. The largest absolute Gasteiger partial charge is 0.325 e. The van der Waals surface area contributed by atoms with E-state index in [4.69, 9.17) is 0 Å². The van der Waals surface area contributed by atoms with E-state index >= 15 is 0 Å². The normalized spacial score (nSPS) is 13.0. The molecule has 2 N–H and O–H groups in total. The second-order valence-electron chi connectivity index (χ2n) is 7.33. The third-order valence-electron chi connectivity index (χ3n) is 4.57. The van der Waals surface area contributed by atoms with Crippen LogP contribution in [0.25, 0.3) is 0 Å². The first kappa shape index (κ1) is 22.1. The van der Waals surface area contributed by atoms with E-state index < -0.39 is 10.0 Å². The van der Waals surface area contributed by atoms with Gasteiger partial charge in [0.15, 0.2) is 0 Å². The molecule has 0 saturated carbocycles. The zero-order valence-electron chi connectivity index (χ0n) is 17.1. The molecule has 2 aromatic carbocycles. The summed E-state index contributed by atoms with van der Waals surface area (Å²) in [5.41, 5.74) is 2.42. The molecule has 1 amide bonds. The molecular formula is C21H29N3O3S. The smallest absolute Gasteiger partial charge is 0.242 e. The minimum Gasteiger partial charge on any atom is -0.325 e. The van der Waals surface area contributed by atoms with Crippen LogP contribution in [-0.4, -0.2) is 39.3 Å². The number of carbonyl (C=O) groups is 1. The molecule has 0 radical (unpaired) electrons. The number of sulfonamides is 1. The molecule has 0 aliphatic heterocycles. The molecule has 0 bridgehead atoms. The van der Waals surface area contributed by atoms with Crippen LogP contribution in [0.4, 0.5) is 5.69 Å². The fraction of sp³-hybridized carbons (Fsp3) is 0.381. The van der Waals surface area contributed by atoms with Gasteiger partial charge in [-0.3, -0.25) is 4.79 Å². The molecule has 7 heteroatoms. The fourth-order valence-electron chi connectivity index (χ4n) is 2.90. The Morgan fingerprint density at radius 3 is 2.29 bits per heavy atom. The molecule has 0 aromatic heterocycles. The molecule has 0 spiro atoms. The van der Waals surface area contributed by atoms with Gasteiger partial charge in [-0.2, -0.15) is 0 Å². The Hall–Kier alpha value is -2.22. The van der Waals surface area contributed by atoms with Crippen molar-refractivity contribution in [2.45, 2.75) is 31.7 Å². The van der Waals surface area contributed by atoms with Crippen LogP contribution in [-0.2, 0) is 14.8 Å². The summed E-state index contributed by atoms with van der Waals surface area (Å²) in [4.78, 5) is 12.6. The lowest BCUT2D eigenvalue weighted by Crippen LogP contribution is -2.33. The van der Waals surface area contributed by atoms with Crippen molar-refractivity contribution in [1.82, 2.24) is 9.62 Å². The topological polar surface area (TPSA) is 78.5 Å². The number of aryl methyl sites for hydroxylation is 1. The number of rotatable bonds is 8. The lowest BCUT2D eigenvalue weighted by molar-refractivity contribution is -0.115. The Morgan fingerprint density at radius 1 is 1.07 bits per heavy atom. The van der Waals surface area contributed by atoms with Crippen LogP contribution < -0.4 is 10.6 Å². The van der Waals surface area contributed by atoms with Gasteiger partial charge in [-0.25, -0.2) is 12.7 Å². The highest BCUT2D eigenvalue weighted by Gasteiger charge is 2.20. The molecule has 2 rings (SSSR count). The molecule has 0 fully saturated rings. The summed E-state index contributed by atoms with van der Waals surface area (Å²) < 4.78 is 25.8. The van der Waals surface area contributed by atoms with Crippen molar-refractivity contribution >= 4 is 21.6 Å². The maximum absolute atomic E-state index is 12.5. The van der Waals surface area contributed by atoms with E-state index in [0.717, 1.165) is 15.4 Å². The molecule has 6 nitrogen and oxygen atoms in total. The van der Waals surface area contributed by atoms with Gasteiger partial charge in [0.1, 0.15) is 0 Å². The minimum absolute atomic E-state index is 0.0495. The third-order valence-corrected chi connectivity index (χ3v) is 6.38. The molecule has 1 atom stereocenters. The van der Waals surface area contributed by atoms with Gasteiger partial charge in [-0.15, -0.1) is 0 Å². The zero-order chi connectivity index (χ0) is 20.9. The number of nitrogens with zero attached hydrogens (tertiary/aromatic N) is 1. The van der Waals surface area contributed by atoms with Crippen LogP contribution >= 0.6 is 0 Å². The summed E-state index contributed by atoms with van der Waals surface area (Å²) in [5, 5.41) is 6.12. The fourth-order valence-corrected chi connectivity index (χ4v) is 3.83. The van der Waals surface area contributed by atoms with Gasteiger partial charge >= 0.3 is 0 Å². The summed E-state index contributed by atoms with van der Waals surface area (Å²) >= 11 is 0. The zero-order valence-corrected chi connectivity index (χ0v) is 17.9. The Morgan fingerprint density at radius 2 is 1.71 bits per heavy atom. The molecule has 0 aliphatic rings. The van der Waals surface area contributed by atoms with Gasteiger partial charge in [0.2, 0.25) is 15.9 Å². The third kappa shape index (κ3) is 5.41. The highest BCUT2D eigenvalue weighted by molar-refractivity contribution is 7.89. The van der Waals surface area contributed by atoms with Gasteiger partial charge in [-0.1, -0.05) is 50.2 Å². The minimum atomic E-state index is -3.56. The van der Waals surface area contributed by atoms with Crippen molar-refractivity contribution in [3.8, 4) is 0 Å². The number of carbonyl (C=O) groups excluding carboxylic acids is 1. The van der Waals surface area contributed by atoms with Crippen molar-refractivity contribution in [2.75, 3.05) is 26.0 Å². The maximum atomic E-state index is 12.5. The van der Waals surface area contributed by atoms with Gasteiger partial charge < -0.3 is 10.6 Å². The van der Waals surface area contributed by atoms with E-state index in [0.29, 0.717) is 11.6 Å². The number of hydrogen-bond acceptors (Lipinski definition) is 4. The van der Waals surface area contributed by atoms with Crippen molar-refractivity contribution in [3.05, 3.63) is 59.7 Å². The van der Waals surface area contributed by atoms with E-state index in [1.165, 1.54) is 20.2 Å². The van der Waals surface area contributed by atoms with Gasteiger partial charge in [0.05, 0.1) is 11.4 Å². The molecule has 28 heavy (non-hydrogen) atoms. The number of hydrogen-bond donors (Lipinski definition) is 2. The number of anilines is 1. The van der Waals surface area contributed by atoms with Crippen LogP contribution in [0.3, 0.4) is 0 Å². The summed E-state index contributed by atoms with van der Waals surface area (Å²) in [6.45, 7) is 6.16. The lowest BCUT2D eigenvalue weighted by atomic mass is 9.96. The number of nitrogens with one attached hydrogen (secondary N) is 2. The first-order chi connectivity index (χ1) is 13.1. The first-order valence-corrected chi connectivity index (χ1v) is 10.7. The van der Waals surface area contributed by atoms with Crippen LogP contribution in [0, 0.1) is 12.8 Å². The first-order valence-electron chi connectivity index (χ1n) is 9.24. The van der Waals surface area contributed by atoms with Gasteiger partial charge in [-0.05, 0) is 36.1 Å². The van der Waals surface area contributed by atoms with Crippen molar-refractivity contribution in [3.63, 3.8) is 0 Å². The van der Waals surface area contributed by atoms with Crippen molar-refractivity contribution in [2.24, 2.45) is 5.92 Å². The predicted octanol–water partition coefficient (Wildman–Crippen LogP) is 3.17. The average molecular weight is 404 g/mol. The van der Waals surface area contributed by atoms with Gasteiger partial charge in [0.25, 0.3) is 0 Å². The van der Waals surface area contributed by atoms with Crippen LogP contribution in [0.15, 0.2) is 53.4 Å². The van der Waals surface area contributed by atoms with E-state index in [9.17, 15) is 13.2 Å². The van der Waals surface area contributed by atoms with E-state index in [1.54, 1.807) is 12.1 Å². The van der Waals surface area contributed by atoms with E-state index in [1.807, 2.05) is 37.3 Å². The standard InChI is InChI=1S/C21H29N3O3S/c1-15(2)21(17-9-7-6-8-10-17)22-14-20(25)23-19-13-18(12-11-16(19)3)28(26,27)24(4)5/h6-13,15,21-22H,14H2,1-5H3,(H,23,25). The van der Waals surface area contributed by atoms with Crippen LogP contribution in [0.5, 0.6) is 0 Å². The maximum Gasteiger partial charge on any atom is 0.242 e. The molecular weight excluding hydrogens is 374 g/mol. The highest BCUT2D eigenvalue weighted by atomic mass is 32.2. The predicted molar refractivity (Wildman–Crippen MR) is 113 cm³/mol. The molecule has 0 heterocycles. The molecule has 152 valence electrons. The number of amides is 1. The molecule has 1 unspecified atom stereocenters. The summed E-state index contributed by atoms with van der Waals surface area (Å²) in [6, 6.07) is 14.8. The molecule has 0 saturated heterocycles. The average Bonchev–Trinajstić information content (AvgIpc) is 2.64. The number of benzene rings is 2. The van der Waals surface area contributed by atoms with Crippen LogP contribution in [0.2, 0.25) is 0 Å². The summed E-state index contributed by atoms with van der Waals surface area (Å²) in [6.07, 6.45) is 0. The summed E-state index contributed by atoms with van der Waals surface area (Å²) in [5.74, 6) is 0.0922. The summed E-state index contributed by atoms with van der Waals surface area (Å²) in [7, 11) is -0.600. The SMILES string of the molecule is Cc1ccc(S(=O)(=O)N(C)C)cc1NC(=O)CNC(c1ccccc1)C(C)C. The second-order valence-corrected chi connectivity index (χ2v) is 9.48. The van der Waals surface area contributed by atoms with Gasteiger partial charge in [0, 0.05) is 25.8 Å².